The maximum absolute atomic E-state index is 12.0. The first-order valence-corrected chi connectivity index (χ1v) is 5.91. The van der Waals surface area contributed by atoms with Crippen molar-refractivity contribution in [3.05, 3.63) is 63.2 Å². The molecule has 0 amide bonds. The van der Waals surface area contributed by atoms with Gasteiger partial charge in [-0.25, -0.2) is 4.79 Å². The zero-order valence-corrected chi connectivity index (χ0v) is 10.2. The Kier molecular flexibility index (Phi) is 3.72. The lowest BCUT2D eigenvalue weighted by atomic mass is 10.2. The van der Waals surface area contributed by atoms with Crippen LogP contribution in [0.5, 0.6) is 0 Å². The molecule has 0 N–H and O–H groups in total. The molecule has 0 unspecified atom stereocenters. The zero-order valence-electron chi connectivity index (χ0n) is 10.2. The van der Waals surface area contributed by atoms with Crippen molar-refractivity contribution in [2.45, 2.75) is 26.4 Å². The normalized spacial score (nSPS) is 10.5. The van der Waals surface area contributed by atoms with Crippen LogP contribution >= 0.6 is 0 Å². The van der Waals surface area contributed by atoms with Gasteiger partial charge >= 0.3 is 5.69 Å². The summed E-state index contributed by atoms with van der Waals surface area (Å²) in [4.78, 5) is 27.6. The van der Waals surface area contributed by atoms with Crippen molar-refractivity contribution in [2.24, 2.45) is 0 Å². The average molecular weight is 245 g/mol. The minimum absolute atomic E-state index is 0.256. The standard InChI is InChI=1S/C13H15N3O2/c1-2-15-8-6-12(17)16(13(15)18)9-5-11-4-3-7-14-10-11/h3-4,6-8,10H,2,5,9H2,1H3. The van der Waals surface area contributed by atoms with Crippen LogP contribution in [-0.4, -0.2) is 14.1 Å². The molecule has 0 aromatic carbocycles. The Morgan fingerprint density at radius 2 is 2.11 bits per heavy atom. The summed E-state index contributed by atoms with van der Waals surface area (Å²) in [5, 5.41) is 0. The molecule has 18 heavy (non-hydrogen) atoms. The van der Waals surface area contributed by atoms with Crippen molar-refractivity contribution >= 4 is 0 Å². The van der Waals surface area contributed by atoms with E-state index in [0.29, 0.717) is 19.5 Å². The fourth-order valence-corrected chi connectivity index (χ4v) is 1.79. The Hall–Kier alpha value is -2.17. The second-order valence-electron chi connectivity index (χ2n) is 3.99. The van der Waals surface area contributed by atoms with Crippen LogP contribution in [0.1, 0.15) is 12.5 Å². The van der Waals surface area contributed by atoms with E-state index in [1.165, 1.54) is 21.4 Å². The molecule has 0 saturated carbocycles. The van der Waals surface area contributed by atoms with Gasteiger partial charge in [0.25, 0.3) is 5.56 Å². The third-order valence-electron chi connectivity index (χ3n) is 2.83. The molecule has 94 valence electrons. The fourth-order valence-electron chi connectivity index (χ4n) is 1.79. The highest BCUT2D eigenvalue weighted by Gasteiger charge is 2.04. The summed E-state index contributed by atoms with van der Waals surface area (Å²) < 4.78 is 2.78. The van der Waals surface area contributed by atoms with Crippen LogP contribution in [-0.2, 0) is 19.5 Å². The summed E-state index contributed by atoms with van der Waals surface area (Å²) in [7, 11) is 0. The van der Waals surface area contributed by atoms with Gasteiger partial charge in [0.1, 0.15) is 0 Å². The predicted octanol–water partition coefficient (Wildman–Crippen LogP) is 0.668. The van der Waals surface area contributed by atoms with Crippen LogP contribution in [0.4, 0.5) is 0 Å². The topological polar surface area (TPSA) is 56.9 Å². The van der Waals surface area contributed by atoms with Crippen LogP contribution in [0.3, 0.4) is 0 Å². The summed E-state index contributed by atoms with van der Waals surface area (Å²) in [5.74, 6) is 0. The van der Waals surface area contributed by atoms with Gasteiger partial charge in [-0.15, -0.1) is 0 Å². The van der Waals surface area contributed by atoms with Gasteiger partial charge in [0.15, 0.2) is 0 Å². The van der Waals surface area contributed by atoms with Gasteiger partial charge in [0.05, 0.1) is 0 Å². The summed E-state index contributed by atoms with van der Waals surface area (Å²) in [5.41, 5.74) is 0.498. The molecule has 5 heteroatoms. The Morgan fingerprint density at radius 3 is 2.78 bits per heavy atom. The highest BCUT2D eigenvalue weighted by molar-refractivity contribution is 5.08. The number of hydrogen-bond donors (Lipinski definition) is 0. The molecule has 0 spiro atoms. The molecule has 2 rings (SSSR count). The van der Waals surface area contributed by atoms with Crippen LogP contribution in [0.25, 0.3) is 0 Å². The van der Waals surface area contributed by atoms with Gasteiger partial charge in [-0.1, -0.05) is 6.07 Å². The molecular weight excluding hydrogens is 230 g/mol. The number of aromatic nitrogens is 3. The maximum Gasteiger partial charge on any atom is 0.330 e. The molecular formula is C13H15N3O2. The Morgan fingerprint density at radius 1 is 1.28 bits per heavy atom. The number of rotatable bonds is 4. The highest BCUT2D eigenvalue weighted by Crippen LogP contribution is 1.97. The van der Waals surface area contributed by atoms with Crippen molar-refractivity contribution in [3.8, 4) is 0 Å². The lowest BCUT2D eigenvalue weighted by Gasteiger charge is -2.07. The maximum atomic E-state index is 12.0. The lowest BCUT2D eigenvalue weighted by Crippen LogP contribution is -2.39. The van der Waals surface area contributed by atoms with Crippen molar-refractivity contribution < 1.29 is 0 Å². The van der Waals surface area contributed by atoms with Gasteiger partial charge in [-0.05, 0) is 25.0 Å². The van der Waals surface area contributed by atoms with Crippen LogP contribution in [0.15, 0.2) is 46.4 Å². The van der Waals surface area contributed by atoms with E-state index >= 15 is 0 Å². The van der Waals surface area contributed by atoms with Crippen molar-refractivity contribution in [1.82, 2.24) is 14.1 Å². The Bertz CT molecular complexity index is 629. The van der Waals surface area contributed by atoms with E-state index < -0.39 is 0 Å². The first kappa shape index (κ1) is 12.3. The average Bonchev–Trinajstić information content (AvgIpc) is 2.40. The number of aryl methyl sites for hydroxylation is 2. The van der Waals surface area contributed by atoms with Gasteiger partial charge in [-0.2, -0.15) is 0 Å². The van der Waals surface area contributed by atoms with Gasteiger partial charge in [0, 0.05) is 37.7 Å². The minimum Gasteiger partial charge on any atom is -0.301 e. The summed E-state index contributed by atoms with van der Waals surface area (Å²) >= 11 is 0. The van der Waals surface area contributed by atoms with E-state index in [4.69, 9.17) is 0 Å². The Balaban J connectivity index is 2.25. The molecule has 2 heterocycles. The number of hydrogen-bond acceptors (Lipinski definition) is 3. The van der Waals surface area contributed by atoms with Crippen LogP contribution in [0.2, 0.25) is 0 Å². The molecule has 0 aliphatic carbocycles. The van der Waals surface area contributed by atoms with E-state index in [9.17, 15) is 9.59 Å². The van der Waals surface area contributed by atoms with E-state index in [-0.39, 0.29) is 11.2 Å². The van der Waals surface area contributed by atoms with Gasteiger partial charge in [-0.3, -0.25) is 14.3 Å². The molecule has 0 atom stereocenters. The fraction of sp³-hybridized carbons (Fsp3) is 0.308. The van der Waals surface area contributed by atoms with E-state index in [1.807, 2.05) is 19.1 Å². The molecule has 5 nitrogen and oxygen atoms in total. The van der Waals surface area contributed by atoms with E-state index in [2.05, 4.69) is 4.98 Å². The predicted molar refractivity (Wildman–Crippen MR) is 68.6 cm³/mol. The smallest absolute Gasteiger partial charge is 0.301 e. The summed E-state index contributed by atoms with van der Waals surface area (Å²) in [6, 6.07) is 5.20. The SMILES string of the molecule is CCn1ccc(=O)n(CCc2cccnc2)c1=O. The van der Waals surface area contributed by atoms with Crippen molar-refractivity contribution in [2.75, 3.05) is 0 Å². The molecule has 0 radical (unpaired) electrons. The number of pyridine rings is 1. The lowest BCUT2D eigenvalue weighted by molar-refractivity contribution is 0.564. The first-order chi connectivity index (χ1) is 8.72. The van der Waals surface area contributed by atoms with Gasteiger partial charge in [0.2, 0.25) is 0 Å². The summed E-state index contributed by atoms with van der Waals surface area (Å²) in [6.45, 7) is 2.81. The molecule has 0 aliphatic rings. The van der Waals surface area contributed by atoms with E-state index in [0.717, 1.165) is 5.56 Å². The van der Waals surface area contributed by atoms with Crippen molar-refractivity contribution in [1.29, 1.82) is 0 Å². The van der Waals surface area contributed by atoms with Crippen LogP contribution < -0.4 is 11.2 Å². The van der Waals surface area contributed by atoms with Gasteiger partial charge < -0.3 is 4.57 Å². The molecule has 2 aromatic heterocycles. The monoisotopic (exact) mass is 245 g/mol. The highest BCUT2D eigenvalue weighted by atomic mass is 16.2. The van der Waals surface area contributed by atoms with Crippen molar-refractivity contribution in [3.63, 3.8) is 0 Å². The number of nitrogens with zero attached hydrogens (tertiary/aromatic N) is 3. The second-order valence-corrected chi connectivity index (χ2v) is 3.99. The molecule has 0 saturated heterocycles. The minimum atomic E-state index is -0.256. The molecule has 0 aliphatic heterocycles. The quantitative estimate of drug-likeness (QED) is 0.795. The zero-order chi connectivity index (χ0) is 13.0. The molecule has 2 aromatic rings. The second kappa shape index (κ2) is 5.44. The third-order valence-corrected chi connectivity index (χ3v) is 2.83. The molecule has 0 fully saturated rings. The third kappa shape index (κ3) is 2.56. The van der Waals surface area contributed by atoms with E-state index in [1.54, 1.807) is 12.4 Å². The Labute approximate surface area is 104 Å². The van der Waals surface area contributed by atoms with Crippen LogP contribution in [0, 0.1) is 0 Å². The molecule has 0 bridgehead atoms. The summed E-state index contributed by atoms with van der Waals surface area (Å²) in [6.07, 6.45) is 5.59. The largest absolute Gasteiger partial charge is 0.330 e. The first-order valence-electron chi connectivity index (χ1n) is 5.91.